The van der Waals surface area contributed by atoms with Gasteiger partial charge in [0.2, 0.25) is 0 Å². The number of alkyl carbamates (subject to hydrolysis) is 1. The molecule has 0 aromatic heterocycles. The molecule has 1 aliphatic heterocycles. The van der Waals surface area contributed by atoms with Gasteiger partial charge in [0.05, 0.1) is 36.1 Å². The van der Waals surface area contributed by atoms with Crippen molar-refractivity contribution < 1.29 is 23.0 Å². The summed E-state index contributed by atoms with van der Waals surface area (Å²) in [6.45, 7) is 5.40. The molecule has 0 bridgehead atoms. The molecule has 2 atom stereocenters. The van der Waals surface area contributed by atoms with Crippen molar-refractivity contribution in [3.63, 3.8) is 0 Å². The number of methoxy groups -OCH3 is 1. The largest absolute Gasteiger partial charge is 0.494 e. The van der Waals surface area contributed by atoms with E-state index >= 15 is 0 Å². The van der Waals surface area contributed by atoms with Gasteiger partial charge in [0.25, 0.3) is 0 Å². The number of amides is 1. The van der Waals surface area contributed by atoms with E-state index in [0.717, 1.165) is 5.57 Å². The van der Waals surface area contributed by atoms with Gasteiger partial charge in [-0.3, -0.25) is 0 Å². The summed E-state index contributed by atoms with van der Waals surface area (Å²) in [5, 5.41) is 22.1. The van der Waals surface area contributed by atoms with Crippen LogP contribution < -0.4 is 10.1 Å². The van der Waals surface area contributed by atoms with E-state index in [1.807, 2.05) is 12.1 Å². The van der Waals surface area contributed by atoms with Crippen LogP contribution in [0.1, 0.15) is 56.7 Å². The summed E-state index contributed by atoms with van der Waals surface area (Å²) < 4.78 is 39.9. The van der Waals surface area contributed by atoms with Crippen LogP contribution in [0.5, 0.6) is 5.75 Å². The summed E-state index contributed by atoms with van der Waals surface area (Å²) in [5.74, 6) is -1.97. The lowest BCUT2D eigenvalue weighted by Crippen LogP contribution is -2.39. The van der Waals surface area contributed by atoms with E-state index in [0.29, 0.717) is 47.4 Å². The fourth-order valence-electron chi connectivity index (χ4n) is 4.66. The predicted molar refractivity (Wildman–Crippen MR) is 151 cm³/mol. The SMILES string of the molecule is COc1ccc(C2=CC(C#N)C=C(C3=CCC(NC(=O)OC(C)(C)C)CC3)N=C2c2ccc(C#N)c(F)c2)cc1F. The van der Waals surface area contributed by atoms with Crippen LogP contribution in [0.2, 0.25) is 0 Å². The zero-order valence-corrected chi connectivity index (χ0v) is 23.3. The highest BCUT2D eigenvalue weighted by molar-refractivity contribution is 6.32. The first-order chi connectivity index (χ1) is 19.5. The Labute approximate surface area is 238 Å². The second-order valence-corrected chi connectivity index (χ2v) is 10.8. The highest BCUT2D eigenvalue weighted by atomic mass is 19.1. The first-order valence-electron chi connectivity index (χ1n) is 13.2. The van der Waals surface area contributed by atoms with Crippen molar-refractivity contribution >= 4 is 17.4 Å². The molecule has 1 N–H and O–H groups in total. The number of ether oxygens (including phenoxy) is 2. The lowest BCUT2D eigenvalue weighted by Gasteiger charge is -2.26. The molecule has 0 saturated carbocycles. The van der Waals surface area contributed by atoms with Crippen LogP contribution in [0, 0.1) is 40.2 Å². The number of carbonyl (C=O) groups excluding carboxylic acids is 1. The number of aliphatic imine (C=N–C) groups is 1. The number of hydrogen-bond acceptors (Lipinski definition) is 6. The summed E-state index contributed by atoms with van der Waals surface area (Å²) in [6.07, 6.45) is 6.59. The van der Waals surface area contributed by atoms with E-state index in [9.17, 15) is 24.1 Å². The molecule has 4 rings (SSSR count). The first-order valence-corrected chi connectivity index (χ1v) is 13.2. The van der Waals surface area contributed by atoms with Gasteiger partial charge in [-0.15, -0.1) is 0 Å². The van der Waals surface area contributed by atoms with Crippen molar-refractivity contribution in [3.8, 4) is 17.9 Å². The van der Waals surface area contributed by atoms with Crippen LogP contribution in [0.15, 0.2) is 70.9 Å². The van der Waals surface area contributed by atoms with E-state index < -0.39 is 29.2 Å². The van der Waals surface area contributed by atoms with E-state index in [1.54, 1.807) is 45.1 Å². The number of nitriles is 2. The number of rotatable bonds is 5. The van der Waals surface area contributed by atoms with E-state index in [1.165, 1.54) is 31.4 Å². The lowest BCUT2D eigenvalue weighted by molar-refractivity contribution is 0.0501. The molecule has 0 spiro atoms. The van der Waals surface area contributed by atoms with Crippen LogP contribution in [-0.2, 0) is 4.74 Å². The lowest BCUT2D eigenvalue weighted by atomic mass is 9.92. The molecule has 1 amide bonds. The van der Waals surface area contributed by atoms with Gasteiger partial charge in [-0.05, 0) is 81.5 Å². The normalized spacial score (nSPS) is 18.8. The van der Waals surface area contributed by atoms with Crippen molar-refractivity contribution in [1.82, 2.24) is 5.32 Å². The maximum atomic E-state index is 14.7. The molecule has 7 nitrogen and oxygen atoms in total. The quantitative estimate of drug-likeness (QED) is 0.438. The second kappa shape index (κ2) is 12.2. The monoisotopic (exact) mass is 556 g/mol. The van der Waals surface area contributed by atoms with E-state index in [4.69, 9.17) is 14.5 Å². The molecule has 0 radical (unpaired) electrons. The zero-order valence-electron chi connectivity index (χ0n) is 23.3. The van der Waals surface area contributed by atoms with Crippen molar-refractivity contribution in [3.05, 3.63) is 94.2 Å². The molecule has 2 aromatic carbocycles. The maximum absolute atomic E-state index is 14.7. The van der Waals surface area contributed by atoms with Crippen molar-refractivity contribution in [1.29, 1.82) is 10.5 Å². The molecule has 1 heterocycles. The Morgan fingerprint density at radius 2 is 1.80 bits per heavy atom. The Hall–Kier alpha value is -4.76. The molecule has 2 aliphatic rings. The van der Waals surface area contributed by atoms with E-state index in [-0.39, 0.29) is 17.4 Å². The Kier molecular flexibility index (Phi) is 8.68. The minimum atomic E-state index is -0.715. The summed E-state index contributed by atoms with van der Waals surface area (Å²) in [4.78, 5) is 17.1. The first kappa shape index (κ1) is 29.2. The number of hydrogen-bond donors (Lipinski definition) is 1. The van der Waals surface area contributed by atoms with Gasteiger partial charge in [-0.1, -0.05) is 24.3 Å². The van der Waals surface area contributed by atoms with Gasteiger partial charge in [0.1, 0.15) is 17.5 Å². The van der Waals surface area contributed by atoms with Gasteiger partial charge < -0.3 is 14.8 Å². The molecule has 0 fully saturated rings. The third kappa shape index (κ3) is 7.06. The van der Waals surface area contributed by atoms with E-state index in [2.05, 4.69) is 11.4 Å². The fourth-order valence-corrected chi connectivity index (χ4v) is 4.66. The minimum Gasteiger partial charge on any atom is -0.494 e. The smallest absolute Gasteiger partial charge is 0.407 e. The molecule has 210 valence electrons. The molecule has 2 unspecified atom stereocenters. The van der Waals surface area contributed by atoms with Crippen molar-refractivity contribution in [2.75, 3.05) is 7.11 Å². The molecule has 41 heavy (non-hydrogen) atoms. The average molecular weight is 557 g/mol. The van der Waals surface area contributed by atoms with Crippen LogP contribution in [0.25, 0.3) is 5.57 Å². The summed E-state index contributed by atoms with van der Waals surface area (Å²) >= 11 is 0. The molecule has 2 aromatic rings. The molecule has 1 aliphatic carbocycles. The summed E-state index contributed by atoms with van der Waals surface area (Å²) in [5.41, 5.74) is 2.25. The predicted octanol–water partition coefficient (Wildman–Crippen LogP) is 6.76. The van der Waals surface area contributed by atoms with Gasteiger partial charge >= 0.3 is 6.09 Å². The summed E-state index contributed by atoms with van der Waals surface area (Å²) in [7, 11) is 1.36. The Morgan fingerprint density at radius 1 is 1.07 bits per heavy atom. The van der Waals surface area contributed by atoms with Gasteiger partial charge in [0.15, 0.2) is 11.6 Å². The minimum absolute atomic E-state index is 0.0587. The molecule has 0 saturated heterocycles. The number of halogens is 2. The molecule has 9 heteroatoms. The number of nitrogens with one attached hydrogen (secondary N) is 1. The third-order valence-electron chi connectivity index (χ3n) is 6.61. The fraction of sp³-hybridized carbons (Fsp3) is 0.312. The summed E-state index contributed by atoms with van der Waals surface area (Å²) in [6, 6.07) is 12.5. The molecular formula is C32H30F2N4O3. The van der Waals surface area contributed by atoms with Crippen LogP contribution in [-0.4, -0.2) is 30.6 Å². The third-order valence-corrected chi connectivity index (χ3v) is 6.61. The zero-order chi connectivity index (χ0) is 29.7. The number of carbonyl (C=O) groups is 1. The maximum Gasteiger partial charge on any atom is 0.407 e. The van der Waals surface area contributed by atoms with Gasteiger partial charge in [-0.25, -0.2) is 18.6 Å². The van der Waals surface area contributed by atoms with Crippen LogP contribution in [0.3, 0.4) is 0 Å². The number of allylic oxidation sites excluding steroid dienone is 4. The Balaban J connectivity index is 1.74. The topological polar surface area (TPSA) is 108 Å². The van der Waals surface area contributed by atoms with Crippen LogP contribution in [0.4, 0.5) is 13.6 Å². The average Bonchev–Trinajstić information content (AvgIpc) is 3.12. The Bertz CT molecular complexity index is 1570. The number of benzene rings is 2. The Morgan fingerprint density at radius 3 is 2.39 bits per heavy atom. The second-order valence-electron chi connectivity index (χ2n) is 10.8. The van der Waals surface area contributed by atoms with Crippen LogP contribution >= 0.6 is 0 Å². The standard InChI is InChI=1S/C32H30F2N4O3/c1-32(2,3)41-31(39)37-24-10-7-20(8-11-24)28-14-19(17-35)13-25(21-9-12-29(40-4)27(34)15-21)30(38-28)22-5-6-23(18-36)26(33)16-22/h5-7,9,12-16,19,24H,8,10-11H2,1-4H3,(H,37,39). The highest BCUT2D eigenvalue weighted by Crippen LogP contribution is 2.34. The number of nitrogens with zero attached hydrogens (tertiary/aromatic N) is 3. The van der Waals surface area contributed by atoms with Gasteiger partial charge in [-0.2, -0.15) is 10.5 Å². The van der Waals surface area contributed by atoms with Gasteiger partial charge in [0, 0.05) is 17.2 Å². The van der Waals surface area contributed by atoms with Crippen molar-refractivity contribution in [2.24, 2.45) is 10.9 Å². The molecular weight excluding hydrogens is 526 g/mol. The van der Waals surface area contributed by atoms with Crippen molar-refractivity contribution in [2.45, 2.75) is 51.7 Å². The highest BCUT2D eigenvalue weighted by Gasteiger charge is 2.25.